The van der Waals surface area contributed by atoms with Crippen molar-refractivity contribution in [3.63, 3.8) is 0 Å². The number of oxazole rings is 1. The third-order valence-electron chi connectivity index (χ3n) is 6.81. The number of aryl methyl sites for hydroxylation is 1. The van der Waals surface area contributed by atoms with Gasteiger partial charge in [0.1, 0.15) is 6.26 Å². The second kappa shape index (κ2) is 6.39. The van der Waals surface area contributed by atoms with Crippen molar-refractivity contribution in [1.82, 2.24) is 15.2 Å². The topological polar surface area (TPSA) is 75.4 Å². The fourth-order valence-electron chi connectivity index (χ4n) is 4.56. The van der Waals surface area contributed by atoms with E-state index in [2.05, 4.69) is 17.2 Å². The lowest BCUT2D eigenvalue weighted by molar-refractivity contribution is -0.127. The zero-order valence-corrected chi connectivity index (χ0v) is 15.8. The van der Waals surface area contributed by atoms with Gasteiger partial charge in [0.15, 0.2) is 11.6 Å². The van der Waals surface area contributed by atoms with Crippen LogP contribution in [0.1, 0.15) is 75.2 Å². The zero-order chi connectivity index (χ0) is 18.4. The third kappa shape index (κ3) is 3.03. The molecule has 2 aliphatic carbocycles. The molecular formula is C20H29N3O3. The van der Waals surface area contributed by atoms with Crippen molar-refractivity contribution in [2.75, 3.05) is 13.1 Å². The molecule has 1 N–H and O–H groups in total. The molecule has 142 valence electrons. The molecule has 1 aromatic heterocycles. The third-order valence-corrected chi connectivity index (χ3v) is 6.81. The summed E-state index contributed by atoms with van der Waals surface area (Å²) in [7, 11) is 0. The lowest BCUT2D eigenvalue weighted by Gasteiger charge is -2.53. The van der Waals surface area contributed by atoms with Crippen LogP contribution in [0.5, 0.6) is 0 Å². The highest BCUT2D eigenvalue weighted by Crippen LogP contribution is 2.49. The second-order valence-electron chi connectivity index (χ2n) is 8.52. The average Bonchev–Trinajstić information content (AvgIpc) is 3.29. The van der Waals surface area contributed by atoms with Gasteiger partial charge in [0.25, 0.3) is 5.91 Å². The molecule has 26 heavy (non-hydrogen) atoms. The van der Waals surface area contributed by atoms with E-state index >= 15 is 0 Å². The average molecular weight is 359 g/mol. The van der Waals surface area contributed by atoms with E-state index in [0.717, 1.165) is 58.0 Å². The van der Waals surface area contributed by atoms with Crippen molar-refractivity contribution in [3.05, 3.63) is 17.8 Å². The summed E-state index contributed by atoms with van der Waals surface area (Å²) in [6, 6.07) is 0.310. The van der Waals surface area contributed by atoms with Gasteiger partial charge < -0.3 is 14.6 Å². The summed E-state index contributed by atoms with van der Waals surface area (Å²) in [5, 5.41) is 3.29. The van der Waals surface area contributed by atoms with Crippen molar-refractivity contribution in [2.45, 2.75) is 71.3 Å². The Morgan fingerprint density at radius 3 is 2.46 bits per heavy atom. The van der Waals surface area contributed by atoms with Gasteiger partial charge in [-0.2, -0.15) is 0 Å². The van der Waals surface area contributed by atoms with Gasteiger partial charge in [-0.3, -0.25) is 9.59 Å². The summed E-state index contributed by atoms with van der Waals surface area (Å²) >= 11 is 0. The number of aromatic nitrogens is 1. The molecule has 0 atom stereocenters. The van der Waals surface area contributed by atoms with E-state index < -0.39 is 0 Å². The smallest absolute Gasteiger partial charge is 0.275 e. The Balaban J connectivity index is 1.25. The van der Waals surface area contributed by atoms with E-state index in [1.807, 2.05) is 11.8 Å². The molecule has 6 heteroatoms. The first-order valence-electron chi connectivity index (χ1n) is 10.0. The van der Waals surface area contributed by atoms with Crippen LogP contribution in [0.15, 0.2) is 10.7 Å². The normalized spacial score (nSPS) is 23.5. The molecule has 2 heterocycles. The van der Waals surface area contributed by atoms with E-state index in [9.17, 15) is 9.59 Å². The Morgan fingerprint density at radius 1 is 1.23 bits per heavy atom. The first-order chi connectivity index (χ1) is 12.5. The van der Waals surface area contributed by atoms with Crippen molar-refractivity contribution < 1.29 is 14.0 Å². The Bertz CT molecular complexity index is 691. The molecule has 1 aliphatic heterocycles. The highest BCUT2D eigenvalue weighted by molar-refractivity contribution is 5.92. The summed E-state index contributed by atoms with van der Waals surface area (Å²) in [6.45, 7) is 5.68. The summed E-state index contributed by atoms with van der Waals surface area (Å²) < 4.78 is 5.28. The first kappa shape index (κ1) is 17.6. The molecule has 3 fully saturated rings. The minimum atomic E-state index is -0.0518. The molecule has 1 spiro atoms. The molecule has 2 amide bonds. The van der Waals surface area contributed by atoms with Crippen molar-refractivity contribution in [3.8, 4) is 0 Å². The van der Waals surface area contributed by atoms with Crippen LogP contribution in [0.3, 0.4) is 0 Å². The van der Waals surface area contributed by atoms with E-state index in [1.54, 1.807) is 0 Å². The molecule has 6 nitrogen and oxygen atoms in total. The van der Waals surface area contributed by atoms with Gasteiger partial charge in [-0.1, -0.05) is 13.8 Å². The largest absolute Gasteiger partial charge is 0.448 e. The molecule has 1 saturated heterocycles. The number of hydrogen-bond acceptors (Lipinski definition) is 4. The zero-order valence-electron chi connectivity index (χ0n) is 15.8. The Kier molecular flexibility index (Phi) is 4.32. The monoisotopic (exact) mass is 359 g/mol. The minimum absolute atomic E-state index is 0.0203. The van der Waals surface area contributed by atoms with Crippen LogP contribution in [0.25, 0.3) is 0 Å². The molecule has 1 aromatic rings. The number of nitrogens with zero attached hydrogens (tertiary/aromatic N) is 2. The SMILES string of the molecule is CCc1nc(C(=O)N2CC3(CCC(NC(=O)C4(CC)CC4)CC3)C2)co1. The van der Waals surface area contributed by atoms with Gasteiger partial charge >= 0.3 is 0 Å². The number of nitrogens with one attached hydrogen (secondary N) is 1. The van der Waals surface area contributed by atoms with Gasteiger partial charge in [0, 0.05) is 36.4 Å². The van der Waals surface area contributed by atoms with Gasteiger partial charge in [0.2, 0.25) is 5.91 Å². The van der Waals surface area contributed by atoms with E-state index in [-0.39, 0.29) is 22.6 Å². The van der Waals surface area contributed by atoms with E-state index in [0.29, 0.717) is 24.0 Å². The number of carbonyl (C=O) groups is 2. The van der Waals surface area contributed by atoms with Gasteiger partial charge in [-0.15, -0.1) is 0 Å². The highest BCUT2D eigenvalue weighted by Gasteiger charge is 2.50. The van der Waals surface area contributed by atoms with Crippen molar-refractivity contribution in [2.24, 2.45) is 10.8 Å². The molecule has 0 unspecified atom stereocenters. The predicted octanol–water partition coefficient (Wildman–Crippen LogP) is 2.93. The molecule has 0 aromatic carbocycles. The second-order valence-corrected chi connectivity index (χ2v) is 8.52. The Morgan fingerprint density at radius 2 is 1.92 bits per heavy atom. The quantitative estimate of drug-likeness (QED) is 0.877. The minimum Gasteiger partial charge on any atom is -0.448 e. The molecule has 2 saturated carbocycles. The van der Waals surface area contributed by atoms with Gasteiger partial charge in [-0.25, -0.2) is 4.98 Å². The molecule has 4 rings (SSSR count). The fourth-order valence-corrected chi connectivity index (χ4v) is 4.56. The maximum Gasteiger partial charge on any atom is 0.275 e. The maximum absolute atomic E-state index is 12.5. The van der Waals surface area contributed by atoms with Crippen LogP contribution in [-0.4, -0.2) is 40.8 Å². The van der Waals surface area contributed by atoms with Crippen LogP contribution >= 0.6 is 0 Å². The predicted molar refractivity (Wildman–Crippen MR) is 96.6 cm³/mol. The van der Waals surface area contributed by atoms with E-state index in [4.69, 9.17) is 4.42 Å². The highest BCUT2D eigenvalue weighted by atomic mass is 16.3. The molecule has 3 aliphatic rings. The Labute approximate surface area is 154 Å². The standard InChI is InChI=1S/C20H29N3O3/c1-3-16-22-15(11-26-16)17(24)23-12-19(13-23)7-5-14(6-8-19)21-18(25)20(4-2)9-10-20/h11,14H,3-10,12-13H2,1-2H3,(H,21,25). The summed E-state index contributed by atoms with van der Waals surface area (Å²) in [5.74, 6) is 0.859. The number of carbonyl (C=O) groups excluding carboxylic acids is 2. The van der Waals surface area contributed by atoms with Crippen LogP contribution in [0.4, 0.5) is 0 Å². The Hall–Kier alpha value is -1.85. The lowest BCUT2D eigenvalue weighted by atomic mass is 9.67. The van der Waals surface area contributed by atoms with Crippen LogP contribution in [-0.2, 0) is 11.2 Å². The molecule has 0 bridgehead atoms. The number of amides is 2. The van der Waals surface area contributed by atoms with E-state index in [1.165, 1.54) is 6.26 Å². The molecule has 0 radical (unpaired) electrons. The van der Waals surface area contributed by atoms with Crippen LogP contribution in [0, 0.1) is 10.8 Å². The van der Waals surface area contributed by atoms with Crippen LogP contribution < -0.4 is 5.32 Å². The van der Waals surface area contributed by atoms with Gasteiger partial charge in [-0.05, 0) is 44.9 Å². The number of rotatable bonds is 5. The lowest BCUT2D eigenvalue weighted by Crippen LogP contribution is -2.60. The number of hydrogen-bond donors (Lipinski definition) is 1. The van der Waals surface area contributed by atoms with Crippen molar-refractivity contribution in [1.29, 1.82) is 0 Å². The number of likely N-dealkylation sites (tertiary alicyclic amines) is 1. The van der Waals surface area contributed by atoms with Crippen molar-refractivity contribution >= 4 is 11.8 Å². The fraction of sp³-hybridized carbons (Fsp3) is 0.750. The first-order valence-corrected chi connectivity index (χ1v) is 10.0. The summed E-state index contributed by atoms with van der Waals surface area (Å²) in [5.41, 5.74) is 0.618. The van der Waals surface area contributed by atoms with Gasteiger partial charge in [0.05, 0.1) is 0 Å². The summed E-state index contributed by atoms with van der Waals surface area (Å²) in [6.07, 6.45) is 9.43. The maximum atomic E-state index is 12.5. The van der Waals surface area contributed by atoms with Crippen LogP contribution in [0.2, 0.25) is 0 Å². The summed E-state index contributed by atoms with van der Waals surface area (Å²) in [4.78, 5) is 31.0. The molecular weight excluding hydrogens is 330 g/mol.